The maximum absolute atomic E-state index is 11.4. The molecule has 0 radical (unpaired) electrons. The first-order chi connectivity index (χ1) is 12.8. The number of furan rings is 1. The number of aromatic nitrogens is 3. The maximum atomic E-state index is 11.4. The number of ether oxygens (including phenoxy) is 2. The largest absolute Gasteiger partial charge is 0.494 e. The zero-order valence-corrected chi connectivity index (χ0v) is 16.1. The molecule has 144 valence electrons. The number of benzene rings is 1. The molecule has 0 fully saturated rings. The van der Waals surface area contributed by atoms with Crippen molar-refractivity contribution in [1.29, 1.82) is 0 Å². The van der Waals surface area contributed by atoms with Crippen LogP contribution in [0.5, 0.6) is 11.5 Å². The van der Waals surface area contributed by atoms with Gasteiger partial charge in [-0.15, -0.1) is 10.2 Å². The maximum Gasteiger partial charge on any atom is 0.264 e. The Hall–Kier alpha value is -2.85. The van der Waals surface area contributed by atoms with E-state index in [2.05, 4.69) is 10.2 Å². The Balaban J connectivity index is 2.24. The van der Waals surface area contributed by atoms with Gasteiger partial charge in [0.05, 0.1) is 20.5 Å². The lowest BCUT2D eigenvalue weighted by Gasteiger charge is -2.16. The summed E-state index contributed by atoms with van der Waals surface area (Å²) in [5.41, 5.74) is 0.503. The fourth-order valence-electron chi connectivity index (χ4n) is 2.57. The molecule has 3 aromatic rings. The Morgan fingerprint density at radius 2 is 1.74 bits per heavy atom. The molecule has 10 heteroatoms. The Bertz CT molecular complexity index is 1030. The predicted molar refractivity (Wildman–Crippen MR) is 96.5 cm³/mol. The van der Waals surface area contributed by atoms with Crippen molar-refractivity contribution >= 4 is 10.1 Å². The average Bonchev–Trinajstić information content (AvgIpc) is 3.24. The Labute approximate surface area is 156 Å². The van der Waals surface area contributed by atoms with Crippen LogP contribution in [0.1, 0.15) is 11.6 Å². The number of para-hydroxylation sites is 1. The van der Waals surface area contributed by atoms with Gasteiger partial charge in [-0.1, -0.05) is 6.07 Å². The Morgan fingerprint density at radius 1 is 1.07 bits per heavy atom. The first-order valence-corrected chi connectivity index (χ1v) is 9.72. The van der Waals surface area contributed by atoms with Crippen molar-refractivity contribution in [3.05, 3.63) is 41.9 Å². The van der Waals surface area contributed by atoms with Gasteiger partial charge in [-0.2, -0.15) is 8.42 Å². The van der Waals surface area contributed by atoms with Crippen molar-refractivity contribution in [1.82, 2.24) is 14.8 Å². The number of nitrogens with zero attached hydrogens (tertiary/aromatic N) is 3. The van der Waals surface area contributed by atoms with Crippen LogP contribution in [0.2, 0.25) is 0 Å². The molecule has 0 spiro atoms. The van der Waals surface area contributed by atoms with E-state index in [0.29, 0.717) is 34.5 Å². The minimum atomic E-state index is -3.67. The summed E-state index contributed by atoms with van der Waals surface area (Å²) in [6.07, 6.45) is 0.966. The van der Waals surface area contributed by atoms with Gasteiger partial charge in [0, 0.05) is 0 Å². The summed E-state index contributed by atoms with van der Waals surface area (Å²) in [5, 5.41) is 8.25. The highest BCUT2D eigenvalue weighted by Crippen LogP contribution is 2.36. The van der Waals surface area contributed by atoms with Gasteiger partial charge < -0.3 is 13.9 Å². The monoisotopic (exact) mass is 393 g/mol. The zero-order chi connectivity index (χ0) is 19.6. The van der Waals surface area contributed by atoms with Crippen LogP contribution in [0.4, 0.5) is 0 Å². The quantitative estimate of drug-likeness (QED) is 0.563. The van der Waals surface area contributed by atoms with Gasteiger partial charge in [0.2, 0.25) is 5.82 Å². The molecule has 2 aromatic heterocycles. The van der Waals surface area contributed by atoms with Crippen LogP contribution in [-0.4, -0.2) is 43.7 Å². The van der Waals surface area contributed by atoms with E-state index in [1.54, 1.807) is 34.9 Å². The van der Waals surface area contributed by atoms with Crippen molar-refractivity contribution in [3.63, 3.8) is 0 Å². The van der Waals surface area contributed by atoms with Crippen molar-refractivity contribution in [2.45, 2.75) is 13.5 Å². The number of hydrogen-bond donors (Lipinski definition) is 0. The Kier molecular flexibility index (Phi) is 5.19. The number of rotatable bonds is 7. The molecule has 9 nitrogen and oxygen atoms in total. The van der Waals surface area contributed by atoms with Crippen LogP contribution in [0, 0.1) is 6.92 Å². The summed E-state index contributed by atoms with van der Waals surface area (Å²) < 4.78 is 46.0. The third kappa shape index (κ3) is 3.96. The van der Waals surface area contributed by atoms with Crippen molar-refractivity contribution in [3.8, 4) is 28.8 Å². The highest BCUT2D eigenvalue weighted by atomic mass is 32.2. The van der Waals surface area contributed by atoms with Gasteiger partial charge in [0.1, 0.15) is 29.6 Å². The molecule has 0 N–H and O–H groups in total. The lowest BCUT2D eigenvalue weighted by Crippen LogP contribution is -2.10. The number of aryl methyl sites for hydroxylation is 1. The van der Waals surface area contributed by atoms with Gasteiger partial charge in [-0.25, -0.2) is 0 Å². The molecule has 0 aliphatic heterocycles. The molecule has 0 saturated carbocycles. The van der Waals surface area contributed by atoms with Crippen LogP contribution in [0.15, 0.2) is 34.7 Å². The molecule has 0 amide bonds. The first kappa shape index (κ1) is 18.9. The van der Waals surface area contributed by atoms with E-state index in [4.69, 9.17) is 18.1 Å². The summed E-state index contributed by atoms with van der Waals surface area (Å²) >= 11 is 0. The average molecular weight is 393 g/mol. The van der Waals surface area contributed by atoms with E-state index >= 15 is 0 Å². The second kappa shape index (κ2) is 7.41. The van der Waals surface area contributed by atoms with E-state index in [1.165, 1.54) is 14.2 Å². The lowest BCUT2D eigenvalue weighted by atomic mass is 10.2. The third-order valence-corrected chi connectivity index (χ3v) is 4.26. The normalized spacial score (nSPS) is 11.6. The minimum Gasteiger partial charge on any atom is -0.494 e. The van der Waals surface area contributed by atoms with Crippen LogP contribution in [0.25, 0.3) is 17.3 Å². The standard InChI is InChI=1S/C17H19N3O6S/c1-11-8-9-14(26-11)17-19-18-15(10-25-27(4,21)22)20(17)16-12(23-2)6-5-7-13(16)24-3/h5-9H,10H2,1-4H3. The van der Waals surface area contributed by atoms with Crippen LogP contribution < -0.4 is 9.47 Å². The third-order valence-electron chi connectivity index (χ3n) is 3.72. The van der Waals surface area contributed by atoms with Crippen LogP contribution in [0.3, 0.4) is 0 Å². The fourth-order valence-corrected chi connectivity index (χ4v) is 2.89. The SMILES string of the molecule is COc1cccc(OC)c1-n1c(COS(C)(=O)=O)nnc1-c1ccc(C)o1. The minimum absolute atomic E-state index is 0.243. The molecule has 27 heavy (non-hydrogen) atoms. The van der Waals surface area contributed by atoms with Crippen LogP contribution in [-0.2, 0) is 20.9 Å². The summed E-state index contributed by atoms with van der Waals surface area (Å²) in [5.74, 6) is 2.72. The molecule has 0 aliphatic carbocycles. The fraction of sp³-hybridized carbons (Fsp3) is 0.294. The first-order valence-electron chi connectivity index (χ1n) is 7.91. The molecule has 3 rings (SSSR count). The zero-order valence-electron chi connectivity index (χ0n) is 15.3. The van der Waals surface area contributed by atoms with Crippen molar-refractivity contribution < 1.29 is 26.5 Å². The molecule has 0 atom stereocenters. The molecule has 0 unspecified atom stereocenters. The predicted octanol–water partition coefficient (Wildman–Crippen LogP) is 2.33. The van der Waals surface area contributed by atoms with Crippen LogP contribution >= 0.6 is 0 Å². The highest BCUT2D eigenvalue weighted by molar-refractivity contribution is 7.85. The highest BCUT2D eigenvalue weighted by Gasteiger charge is 2.24. The van der Waals surface area contributed by atoms with E-state index in [-0.39, 0.29) is 12.4 Å². The summed E-state index contributed by atoms with van der Waals surface area (Å²) in [6, 6.07) is 8.81. The molecule has 0 saturated heterocycles. The Morgan fingerprint density at radius 3 is 2.26 bits per heavy atom. The van der Waals surface area contributed by atoms with E-state index < -0.39 is 10.1 Å². The topological polar surface area (TPSA) is 106 Å². The molecular formula is C17H19N3O6S. The van der Waals surface area contributed by atoms with E-state index in [0.717, 1.165) is 6.26 Å². The van der Waals surface area contributed by atoms with Gasteiger partial charge in [0.25, 0.3) is 10.1 Å². The van der Waals surface area contributed by atoms with Crippen molar-refractivity contribution in [2.24, 2.45) is 0 Å². The summed E-state index contributed by atoms with van der Waals surface area (Å²) in [6.45, 7) is 1.49. The summed E-state index contributed by atoms with van der Waals surface area (Å²) in [4.78, 5) is 0. The van der Waals surface area contributed by atoms with Gasteiger partial charge in [-0.3, -0.25) is 8.75 Å². The van der Waals surface area contributed by atoms with Gasteiger partial charge >= 0.3 is 0 Å². The second-order valence-corrected chi connectivity index (χ2v) is 7.31. The van der Waals surface area contributed by atoms with Crippen molar-refractivity contribution in [2.75, 3.05) is 20.5 Å². The molecular weight excluding hydrogens is 374 g/mol. The lowest BCUT2D eigenvalue weighted by molar-refractivity contribution is 0.299. The second-order valence-electron chi connectivity index (χ2n) is 5.66. The van der Waals surface area contributed by atoms with Gasteiger partial charge in [0.15, 0.2) is 11.6 Å². The van der Waals surface area contributed by atoms with E-state index in [1.807, 2.05) is 6.92 Å². The van der Waals surface area contributed by atoms with E-state index in [9.17, 15) is 8.42 Å². The van der Waals surface area contributed by atoms with Gasteiger partial charge in [-0.05, 0) is 31.2 Å². The number of hydrogen-bond acceptors (Lipinski definition) is 8. The molecule has 1 aromatic carbocycles. The molecule has 0 bridgehead atoms. The smallest absolute Gasteiger partial charge is 0.264 e. The summed E-state index contributed by atoms with van der Waals surface area (Å²) in [7, 11) is -0.631. The molecule has 0 aliphatic rings. The molecule has 2 heterocycles. The number of methoxy groups -OCH3 is 2.